The molecule has 0 spiro atoms. The van der Waals surface area contributed by atoms with Gasteiger partial charge in [-0.15, -0.1) is 11.3 Å². The fraction of sp³-hybridized carbons (Fsp3) is 0.600. The van der Waals surface area contributed by atoms with E-state index in [4.69, 9.17) is 4.98 Å². The SMILES string of the molecule is CCCc1ccc(-c2nc3c(s2)CN(CC(=O)N2CCN(C4CCC4)CC2)CC3)cc1. The second-order valence-corrected chi connectivity index (χ2v) is 10.4. The van der Waals surface area contributed by atoms with Crippen molar-refractivity contribution in [1.82, 2.24) is 19.7 Å². The van der Waals surface area contributed by atoms with E-state index in [1.165, 1.54) is 47.4 Å². The number of hydrogen-bond acceptors (Lipinski definition) is 5. The number of rotatable bonds is 6. The Balaban J connectivity index is 1.16. The normalized spacial score (nSPS) is 20.5. The van der Waals surface area contributed by atoms with Crippen LogP contribution in [0.5, 0.6) is 0 Å². The van der Waals surface area contributed by atoms with E-state index in [1.807, 2.05) is 0 Å². The largest absolute Gasteiger partial charge is 0.339 e. The van der Waals surface area contributed by atoms with Crippen LogP contribution in [0, 0.1) is 0 Å². The molecule has 1 aromatic carbocycles. The summed E-state index contributed by atoms with van der Waals surface area (Å²) in [6.07, 6.45) is 7.34. The van der Waals surface area contributed by atoms with Crippen molar-refractivity contribution >= 4 is 17.2 Å². The number of aryl methyl sites for hydroxylation is 1. The molecule has 1 saturated heterocycles. The molecule has 3 aliphatic rings. The number of aromatic nitrogens is 1. The lowest BCUT2D eigenvalue weighted by Gasteiger charge is -2.43. The van der Waals surface area contributed by atoms with Gasteiger partial charge in [0.2, 0.25) is 5.91 Å². The van der Waals surface area contributed by atoms with Crippen molar-refractivity contribution in [3.05, 3.63) is 40.4 Å². The van der Waals surface area contributed by atoms with Crippen LogP contribution in [0.15, 0.2) is 24.3 Å². The molecule has 0 atom stereocenters. The fourth-order valence-corrected chi connectivity index (χ4v) is 6.14. The average Bonchev–Trinajstić information content (AvgIpc) is 3.17. The zero-order valence-electron chi connectivity index (χ0n) is 18.7. The number of hydrogen-bond donors (Lipinski definition) is 0. The predicted molar refractivity (Wildman–Crippen MR) is 126 cm³/mol. The lowest BCUT2D eigenvalue weighted by molar-refractivity contribution is -0.135. The molecule has 3 heterocycles. The molecule has 2 fully saturated rings. The van der Waals surface area contributed by atoms with Crippen molar-refractivity contribution in [1.29, 1.82) is 0 Å². The average molecular weight is 439 g/mol. The first-order valence-electron chi connectivity index (χ1n) is 12.0. The third-order valence-electron chi connectivity index (χ3n) is 7.17. The molecule has 5 nitrogen and oxygen atoms in total. The second-order valence-electron chi connectivity index (χ2n) is 9.30. The van der Waals surface area contributed by atoms with Crippen LogP contribution in [0.4, 0.5) is 0 Å². The van der Waals surface area contributed by atoms with E-state index in [0.717, 1.165) is 63.2 Å². The minimum atomic E-state index is 0.299. The summed E-state index contributed by atoms with van der Waals surface area (Å²) in [6.45, 7) is 8.44. The van der Waals surface area contributed by atoms with Crippen LogP contribution in [0.1, 0.15) is 48.7 Å². The van der Waals surface area contributed by atoms with Gasteiger partial charge in [0.1, 0.15) is 5.01 Å². The molecule has 2 aromatic rings. The maximum Gasteiger partial charge on any atom is 0.236 e. The Morgan fingerprint density at radius 1 is 1.10 bits per heavy atom. The number of nitrogens with zero attached hydrogens (tertiary/aromatic N) is 4. The highest BCUT2D eigenvalue weighted by Gasteiger charge is 2.30. The van der Waals surface area contributed by atoms with Gasteiger partial charge in [-0.25, -0.2) is 4.98 Å². The lowest BCUT2D eigenvalue weighted by Crippen LogP contribution is -2.55. The number of carbonyl (C=O) groups excluding carboxylic acids is 1. The van der Waals surface area contributed by atoms with E-state index in [1.54, 1.807) is 11.3 Å². The molecule has 0 N–H and O–H groups in total. The van der Waals surface area contributed by atoms with Gasteiger partial charge >= 0.3 is 0 Å². The Morgan fingerprint density at radius 2 is 1.87 bits per heavy atom. The first-order valence-corrected chi connectivity index (χ1v) is 12.8. The quantitative estimate of drug-likeness (QED) is 0.687. The molecular formula is C25H34N4OS. The van der Waals surface area contributed by atoms with Gasteiger partial charge in [-0.1, -0.05) is 44.0 Å². The van der Waals surface area contributed by atoms with Crippen LogP contribution >= 0.6 is 11.3 Å². The third-order valence-corrected chi connectivity index (χ3v) is 8.30. The van der Waals surface area contributed by atoms with Crippen molar-refractivity contribution in [3.8, 4) is 10.6 Å². The van der Waals surface area contributed by atoms with Gasteiger partial charge in [0.15, 0.2) is 0 Å². The van der Waals surface area contributed by atoms with Gasteiger partial charge in [-0.3, -0.25) is 14.6 Å². The van der Waals surface area contributed by atoms with E-state index in [0.29, 0.717) is 12.5 Å². The minimum Gasteiger partial charge on any atom is -0.339 e. The van der Waals surface area contributed by atoms with Gasteiger partial charge in [-0.2, -0.15) is 0 Å². The van der Waals surface area contributed by atoms with Crippen LogP contribution in [0.3, 0.4) is 0 Å². The minimum absolute atomic E-state index is 0.299. The van der Waals surface area contributed by atoms with E-state index in [2.05, 4.69) is 45.9 Å². The standard InChI is InChI=1S/C25H34N4OS/c1-2-4-19-7-9-20(10-8-19)25-26-22-11-12-27(17-23(22)31-25)18-24(30)29-15-13-28(14-16-29)21-5-3-6-21/h7-10,21H,2-6,11-18H2,1H3. The Bertz CT molecular complexity index is 897. The number of amides is 1. The molecule has 0 bridgehead atoms. The molecule has 1 amide bonds. The molecule has 6 heteroatoms. The van der Waals surface area contributed by atoms with E-state index < -0.39 is 0 Å². The summed E-state index contributed by atoms with van der Waals surface area (Å²) in [7, 11) is 0. The first kappa shape index (κ1) is 21.1. The topological polar surface area (TPSA) is 39.7 Å². The van der Waals surface area contributed by atoms with Crippen LogP contribution in [-0.2, 0) is 24.2 Å². The number of piperazine rings is 1. The zero-order chi connectivity index (χ0) is 21.2. The number of fused-ring (bicyclic) bond motifs is 1. The summed E-state index contributed by atoms with van der Waals surface area (Å²) in [6, 6.07) is 9.67. The maximum atomic E-state index is 12.9. The van der Waals surface area contributed by atoms with Crippen LogP contribution in [0.25, 0.3) is 10.6 Å². The van der Waals surface area contributed by atoms with Crippen LogP contribution < -0.4 is 0 Å². The van der Waals surface area contributed by atoms with Crippen molar-refractivity contribution in [2.75, 3.05) is 39.3 Å². The van der Waals surface area contributed by atoms with Crippen molar-refractivity contribution < 1.29 is 4.79 Å². The van der Waals surface area contributed by atoms with E-state index in [9.17, 15) is 4.79 Å². The molecule has 166 valence electrons. The fourth-order valence-electron chi connectivity index (χ4n) is 4.99. The summed E-state index contributed by atoms with van der Waals surface area (Å²) in [5, 5.41) is 1.12. The molecule has 1 saturated carbocycles. The molecule has 1 aromatic heterocycles. The van der Waals surface area contributed by atoms with Gasteiger partial charge in [0.05, 0.1) is 12.2 Å². The lowest BCUT2D eigenvalue weighted by atomic mass is 9.91. The van der Waals surface area contributed by atoms with Crippen LogP contribution in [-0.4, -0.2) is 70.9 Å². The van der Waals surface area contributed by atoms with Crippen molar-refractivity contribution in [2.24, 2.45) is 0 Å². The smallest absolute Gasteiger partial charge is 0.236 e. The van der Waals surface area contributed by atoms with Crippen molar-refractivity contribution in [3.63, 3.8) is 0 Å². The number of thiazole rings is 1. The number of benzene rings is 1. The third kappa shape index (κ3) is 4.71. The summed E-state index contributed by atoms with van der Waals surface area (Å²) in [4.78, 5) is 26.2. The predicted octanol–water partition coefficient (Wildman–Crippen LogP) is 3.82. The molecule has 0 radical (unpaired) electrons. The van der Waals surface area contributed by atoms with Crippen molar-refractivity contribution in [2.45, 2.75) is 58.0 Å². The highest BCUT2D eigenvalue weighted by atomic mass is 32.1. The Labute approximate surface area is 190 Å². The zero-order valence-corrected chi connectivity index (χ0v) is 19.5. The van der Waals surface area contributed by atoms with E-state index >= 15 is 0 Å². The van der Waals surface area contributed by atoms with Crippen LogP contribution in [0.2, 0.25) is 0 Å². The second kappa shape index (κ2) is 9.39. The summed E-state index contributed by atoms with van der Waals surface area (Å²) in [5.74, 6) is 0.299. The maximum absolute atomic E-state index is 12.9. The van der Waals surface area contributed by atoms with E-state index in [-0.39, 0.29) is 0 Å². The summed E-state index contributed by atoms with van der Waals surface area (Å²) < 4.78 is 0. The molecule has 31 heavy (non-hydrogen) atoms. The summed E-state index contributed by atoms with van der Waals surface area (Å²) >= 11 is 1.80. The number of carbonyl (C=O) groups is 1. The van der Waals surface area contributed by atoms with Gasteiger partial charge in [-0.05, 0) is 24.8 Å². The molecule has 2 aliphatic heterocycles. The molecule has 5 rings (SSSR count). The van der Waals surface area contributed by atoms with Gasteiger partial charge < -0.3 is 4.90 Å². The summed E-state index contributed by atoms with van der Waals surface area (Å²) in [5.41, 5.74) is 3.84. The molecule has 0 unspecified atom stereocenters. The first-order chi connectivity index (χ1) is 15.2. The Kier molecular flexibility index (Phi) is 6.39. The highest BCUT2D eigenvalue weighted by Crippen LogP contribution is 2.32. The molecule has 1 aliphatic carbocycles. The Hall–Kier alpha value is -1.76. The monoisotopic (exact) mass is 438 g/mol. The van der Waals surface area contributed by atoms with Gasteiger partial charge in [0, 0.05) is 62.2 Å². The van der Waals surface area contributed by atoms with Gasteiger partial charge in [0.25, 0.3) is 0 Å². The highest BCUT2D eigenvalue weighted by molar-refractivity contribution is 7.15. The molecular weight excluding hydrogens is 404 g/mol. The Morgan fingerprint density at radius 3 is 2.55 bits per heavy atom.